The Balaban J connectivity index is 1.95. The van der Waals surface area contributed by atoms with Crippen LogP contribution in [0.25, 0.3) is 0 Å². The van der Waals surface area contributed by atoms with Crippen molar-refractivity contribution in [1.82, 2.24) is 9.88 Å². The molecule has 3 nitrogen and oxygen atoms in total. The van der Waals surface area contributed by atoms with Crippen LogP contribution < -0.4 is 5.32 Å². The predicted octanol–water partition coefficient (Wildman–Crippen LogP) is 4.25. The van der Waals surface area contributed by atoms with Gasteiger partial charge in [-0.3, -0.25) is 4.90 Å². The summed E-state index contributed by atoms with van der Waals surface area (Å²) in [5, 5.41) is 3.42. The number of halogens is 1. The molecule has 1 heterocycles. The third kappa shape index (κ3) is 4.47. The lowest BCUT2D eigenvalue weighted by Crippen LogP contribution is -2.22. The second-order valence-electron chi connectivity index (χ2n) is 4.59. The van der Waals surface area contributed by atoms with Crippen molar-refractivity contribution in [3.63, 3.8) is 0 Å². The van der Waals surface area contributed by atoms with Gasteiger partial charge in [0.25, 0.3) is 0 Å². The summed E-state index contributed by atoms with van der Waals surface area (Å²) in [6.45, 7) is 8.30. The Morgan fingerprint density at radius 3 is 2.75 bits per heavy atom. The molecule has 2 rings (SSSR count). The molecule has 0 bridgehead atoms. The Kier molecular flexibility index (Phi) is 5.83. The molecular formula is C15H20ClN3S. The fourth-order valence-electron chi connectivity index (χ4n) is 2.04. The number of nitrogens with zero attached hydrogens (tertiary/aromatic N) is 2. The maximum atomic E-state index is 5.83. The Hall–Kier alpha value is -1.10. The second-order valence-corrected chi connectivity index (χ2v) is 6.29. The summed E-state index contributed by atoms with van der Waals surface area (Å²) in [7, 11) is 0. The van der Waals surface area contributed by atoms with Gasteiger partial charge in [-0.05, 0) is 30.8 Å². The molecular weight excluding hydrogens is 290 g/mol. The van der Waals surface area contributed by atoms with Crippen molar-refractivity contribution in [2.75, 3.05) is 18.4 Å². The fraction of sp³-hybridized carbons (Fsp3) is 0.400. The Bertz CT molecular complexity index is 537. The van der Waals surface area contributed by atoms with E-state index in [4.69, 9.17) is 11.6 Å². The summed E-state index contributed by atoms with van der Waals surface area (Å²) in [6.07, 6.45) is 1.82. The molecule has 0 fully saturated rings. The maximum absolute atomic E-state index is 5.83. The predicted molar refractivity (Wildman–Crippen MR) is 87.5 cm³/mol. The van der Waals surface area contributed by atoms with Gasteiger partial charge in [-0.2, -0.15) is 0 Å². The van der Waals surface area contributed by atoms with Crippen LogP contribution in [0.4, 0.5) is 5.69 Å². The van der Waals surface area contributed by atoms with Crippen molar-refractivity contribution in [1.29, 1.82) is 0 Å². The van der Waals surface area contributed by atoms with Gasteiger partial charge in [-0.15, -0.1) is 11.3 Å². The molecule has 5 heteroatoms. The molecule has 0 aliphatic rings. The number of hydrogen-bond donors (Lipinski definition) is 1. The monoisotopic (exact) mass is 309 g/mol. The molecule has 0 aliphatic heterocycles. The van der Waals surface area contributed by atoms with Crippen LogP contribution >= 0.6 is 22.9 Å². The van der Waals surface area contributed by atoms with Crippen molar-refractivity contribution in [2.24, 2.45) is 0 Å². The minimum atomic E-state index is 0.595. The van der Waals surface area contributed by atoms with E-state index in [1.54, 1.807) is 0 Å². The van der Waals surface area contributed by atoms with Crippen LogP contribution in [-0.2, 0) is 13.1 Å². The summed E-state index contributed by atoms with van der Waals surface area (Å²) in [6, 6.07) is 8.57. The lowest BCUT2D eigenvalue weighted by atomic mass is 10.2. The van der Waals surface area contributed by atoms with Crippen molar-refractivity contribution in [2.45, 2.75) is 26.9 Å². The molecule has 2 aromatic rings. The summed E-state index contributed by atoms with van der Waals surface area (Å²) in [5.74, 6) is 0. The Morgan fingerprint density at radius 2 is 2.10 bits per heavy atom. The van der Waals surface area contributed by atoms with Gasteiger partial charge in [0.05, 0.1) is 6.54 Å². The number of anilines is 1. The molecule has 0 spiro atoms. The van der Waals surface area contributed by atoms with E-state index in [2.05, 4.69) is 53.3 Å². The van der Waals surface area contributed by atoms with E-state index >= 15 is 0 Å². The highest BCUT2D eigenvalue weighted by Gasteiger charge is 2.03. The lowest BCUT2D eigenvalue weighted by molar-refractivity contribution is 0.296. The van der Waals surface area contributed by atoms with Gasteiger partial charge in [0.1, 0.15) is 0 Å². The highest BCUT2D eigenvalue weighted by Crippen LogP contribution is 2.19. The summed E-state index contributed by atoms with van der Waals surface area (Å²) in [4.78, 5) is 7.59. The van der Waals surface area contributed by atoms with Gasteiger partial charge >= 0.3 is 0 Å². The molecule has 0 radical (unpaired) electrons. The zero-order valence-corrected chi connectivity index (χ0v) is 13.5. The highest BCUT2D eigenvalue weighted by atomic mass is 35.5. The van der Waals surface area contributed by atoms with E-state index < -0.39 is 0 Å². The van der Waals surface area contributed by atoms with Crippen molar-refractivity contribution in [3.05, 3.63) is 45.4 Å². The molecule has 20 heavy (non-hydrogen) atoms. The standard InChI is InChI=1S/C15H20ClN3S/c1-3-19(4-2)11-12-6-5-7-13(8-12)17-9-14-10-18-15(16)20-14/h5-8,10,17H,3-4,9,11H2,1-2H3. The second kappa shape index (κ2) is 7.62. The Morgan fingerprint density at radius 1 is 1.30 bits per heavy atom. The highest BCUT2D eigenvalue weighted by molar-refractivity contribution is 7.15. The third-order valence-corrected chi connectivity index (χ3v) is 4.33. The van der Waals surface area contributed by atoms with Crippen LogP contribution in [0.3, 0.4) is 0 Å². The molecule has 1 aromatic carbocycles. The average Bonchev–Trinajstić information content (AvgIpc) is 2.89. The maximum Gasteiger partial charge on any atom is 0.183 e. The van der Waals surface area contributed by atoms with Crippen LogP contribution in [0.15, 0.2) is 30.5 Å². The molecule has 108 valence electrons. The van der Waals surface area contributed by atoms with Crippen molar-refractivity contribution < 1.29 is 0 Å². The molecule has 0 aliphatic carbocycles. The average molecular weight is 310 g/mol. The molecule has 0 saturated heterocycles. The largest absolute Gasteiger partial charge is 0.380 e. The first-order chi connectivity index (χ1) is 9.71. The van der Waals surface area contributed by atoms with E-state index in [1.807, 2.05) is 6.20 Å². The van der Waals surface area contributed by atoms with Crippen LogP contribution in [0, 0.1) is 0 Å². The smallest absolute Gasteiger partial charge is 0.183 e. The van der Waals surface area contributed by atoms with Crippen LogP contribution in [0.5, 0.6) is 0 Å². The van der Waals surface area contributed by atoms with E-state index in [0.29, 0.717) is 4.47 Å². The first-order valence-corrected chi connectivity index (χ1v) is 8.06. The van der Waals surface area contributed by atoms with Crippen LogP contribution in [-0.4, -0.2) is 23.0 Å². The summed E-state index contributed by atoms with van der Waals surface area (Å²) < 4.78 is 0.595. The van der Waals surface area contributed by atoms with Gasteiger partial charge in [-0.25, -0.2) is 4.98 Å². The Labute approximate surface area is 129 Å². The van der Waals surface area contributed by atoms with E-state index in [1.165, 1.54) is 16.9 Å². The van der Waals surface area contributed by atoms with Gasteiger partial charge in [0.15, 0.2) is 4.47 Å². The number of benzene rings is 1. The topological polar surface area (TPSA) is 28.2 Å². The first kappa shape index (κ1) is 15.3. The fourth-order valence-corrected chi connectivity index (χ4v) is 2.96. The van der Waals surface area contributed by atoms with Crippen LogP contribution in [0.1, 0.15) is 24.3 Å². The normalized spacial score (nSPS) is 11.0. The van der Waals surface area contributed by atoms with Gasteiger partial charge in [-0.1, -0.05) is 37.6 Å². The molecule has 0 amide bonds. The quantitative estimate of drug-likeness (QED) is 0.828. The molecule has 1 aromatic heterocycles. The van der Waals surface area contributed by atoms with Gasteiger partial charge in [0.2, 0.25) is 0 Å². The number of aromatic nitrogens is 1. The number of hydrogen-bond acceptors (Lipinski definition) is 4. The summed E-state index contributed by atoms with van der Waals surface area (Å²) >= 11 is 7.34. The molecule has 1 N–H and O–H groups in total. The first-order valence-electron chi connectivity index (χ1n) is 6.86. The van der Waals surface area contributed by atoms with Crippen LogP contribution in [0.2, 0.25) is 4.47 Å². The molecule has 0 unspecified atom stereocenters. The summed E-state index contributed by atoms with van der Waals surface area (Å²) in [5.41, 5.74) is 2.47. The number of thiazole rings is 1. The zero-order valence-electron chi connectivity index (χ0n) is 11.9. The van der Waals surface area contributed by atoms with E-state index in [-0.39, 0.29) is 0 Å². The lowest BCUT2D eigenvalue weighted by Gasteiger charge is -2.18. The van der Waals surface area contributed by atoms with Crippen molar-refractivity contribution in [3.8, 4) is 0 Å². The minimum Gasteiger partial charge on any atom is -0.380 e. The van der Waals surface area contributed by atoms with E-state index in [0.717, 1.165) is 36.7 Å². The van der Waals surface area contributed by atoms with E-state index in [9.17, 15) is 0 Å². The SMILES string of the molecule is CCN(CC)Cc1cccc(NCc2cnc(Cl)s2)c1. The number of nitrogens with one attached hydrogen (secondary N) is 1. The molecule has 0 saturated carbocycles. The van der Waals surface area contributed by atoms with Crippen molar-refractivity contribution >= 4 is 28.6 Å². The van der Waals surface area contributed by atoms with Gasteiger partial charge in [0, 0.05) is 23.3 Å². The number of rotatable bonds is 7. The third-order valence-electron chi connectivity index (χ3n) is 3.22. The molecule has 0 atom stereocenters. The zero-order chi connectivity index (χ0) is 14.4. The van der Waals surface area contributed by atoms with Gasteiger partial charge < -0.3 is 5.32 Å². The minimum absolute atomic E-state index is 0.595.